The number of halogens is 2. The van der Waals surface area contributed by atoms with Crippen LogP contribution in [0, 0.1) is 23.5 Å². The molecule has 0 spiro atoms. The van der Waals surface area contributed by atoms with Gasteiger partial charge in [-0.05, 0) is 49.8 Å². The van der Waals surface area contributed by atoms with Crippen LogP contribution in [-0.4, -0.2) is 25.3 Å². The highest BCUT2D eigenvalue weighted by molar-refractivity contribution is 6.09. The lowest BCUT2D eigenvalue weighted by Gasteiger charge is -2.22. The van der Waals surface area contributed by atoms with E-state index in [0.717, 1.165) is 44.1 Å². The first-order chi connectivity index (χ1) is 10.7. The maximum atomic E-state index is 13.4. The maximum Gasteiger partial charge on any atom is 0.238 e. The number of hydrogen-bond acceptors (Lipinski definition) is 3. The lowest BCUT2D eigenvalue weighted by molar-refractivity contribution is -0.162. The van der Waals surface area contributed by atoms with Gasteiger partial charge in [0.05, 0.1) is 12.2 Å². The summed E-state index contributed by atoms with van der Waals surface area (Å²) in [6, 6.07) is 2.74. The number of ether oxygens (including phenoxy) is 2. The van der Waals surface area contributed by atoms with Crippen molar-refractivity contribution in [2.24, 2.45) is 0 Å². The van der Waals surface area contributed by atoms with Crippen LogP contribution in [0.1, 0.15) is 42.5 Å². The topological polar surface area (TPSA) is 35.5 Å². The molecule has 0 amide bonds. The van der Waals surface area contributed by atoms with Crippen molar-refractivity contribution >= 4 is 5.78 Å². The van der Waals surface area contributed by atoms with Crippen molar-refractivity contribution in [3.05, 3.63) is 35.4 Å². The lowest BCUT2D eigenvalue weighted by atomic mass is 10.1. The molecule has 1 fully saturated rings. The van der Waals surface area contributed by atoms with Gasteiger partial charge in [0.15, 0.2) is 6.29 Å². The fourth-order valence-electron chi connectivity index (χ4n) is 2.10. The fraction of sp³-hybridized carbons (Fsp3) is 0.471. The smallest absolute Gasteiger partial charge is 0.238 e. The quantitative estimate of drug-likeness (QED) is 0.361. The zero-order valence-electron chi connectivity index (χ0n) is 12.2. The normalized spacial score (nSPS) is 17.6. The third-order valence-electron chi connectivity index (χ3n) is 3.26. The molecule has 0 aliphatic carbocycles. The molecule has 1 saturated heterocycles. The van der Waals surface area contributed by atoms with Gasteiger partial charge in [-0.2, -0.15) is 0 Å². The van der Waals surface area contributed by atoms with Gasteiger partial charge >= 0.3 is 0 Å². The standard InChI is InChI=1S/C17H18F2O3/c18-13-8-9-15(19)14(12-13)16(20)6-2-1-4-10-21-17-7-3-5-11-22-17/h8-9,12,17H,1,3-5,7,10-11H2. The van der Waals surface area contributed by atoms with Gasteiger partial charge in [0.1, 0.15) is 11.6 Å². The minimum Gasteiger partial charge on any atom is -0.353 e. The number of carbonyl (C=O) groups is 1. The molecule has 2 rings (SSSR count). The Kier molecular flexibility index (Phi) is 6.50. The Bertz CT molecular complexity index is 569. The number of ketones is 1. The van der Waals surface area contributed by atoms with Gasteiger partial charge in [-0.1, -0.05) is 5.92 Å². The highest BCUT2D eigenvalue weighted by Crippen LogP contribution is 2.14. The van der Waals surface area contributed by atoms with Crippen LogP contribution in [-0.2, 0) is 9.47 Å². The van der Waals surface area contributed by atoms with Crippen LogP contribution < -0.4 is 0 Å². The molecule has 0 radical (unpaired) electrons. The first-order valence-corrected chi connectivity index (χ1v) is 7.38. The predicted molar refractivity (Wildman–Crippen MR) is 77.2 cm³/mol. The van der Waals surface area contributed by atoms with E-state index in [1.165, 1.54) is 0 Å². The third kappa shape index (κ3) is 5.21. The Hall–Kier alpha value is -1.77. The molecule has 5 heteroatoms. The van der Waals surface area contributed by atoms with Gasteiger partial charge in [0, 0.05) is 13.0 Å². The molecule has 1 heterocycles. The minimum atomic E-state index is -0.765. The van der Waals surface area contributed by atoms with E-state index in [0.29, 0.717) is 19.4 Å². The molecule has 1 aliphatic rings. The maximum absolute atomic E-state index is 13.4. The van der Waals surface area contributed by atoms with Gasteiger partial charge in [0.2, 0.25) is 5.78 Å². The van der Waals surface area contributed by atoms with Crippen LogP contribution in [0.5, 0.6) is 0 Å². The van der Waals surface area contributed by atoms with Gasteiger partial charge in [-0.25, -0.2) is 8.78 Å². The van der Waals surface area contributed by atoms with E-state index in [2.05, 4.69) is 11.8 Å². The highest BCUT2D eigenvalue weighted by Gasteiger charge is 2.13. The van der Waals surface area contributed by atoms with Crippen LogP contribution in [0.4, 0.5) is 8.78 Å². The van der Waals surface area contributed by atoms with Crippen molar-refractivity contribution in [1.29, 1.82) is 0 Å². The van der Waals surface area contributed by atoms with Crippen LogP contribution in [0.3, 0.4) is 0 Å². The minimum absolute atomic E-state index is 0.135. The monoisotopic (exact) mass is 308 g/mol. The molecule has 1 aromatic carbocycles. The summed E-state index contributed by atoms with van der Waals surface area (Å²) in [6.45, 7) is 1.24. The van der Waals surface area contributed by atoms with Gasteiger partial charge in [-0.3, -0.25) is 4.79 Å². The Labute approximate surface area is 128 Å². The zero-order chi connectivity index (χ0) is 15.8. The number of benzene rings is 1. The summed E-state index contributed by atoms with van der Waals surface area (Å²) in [6.07, 6.45) is 4.07. The van der Waals surface area contributed by atoms with Crippen LogP contribution in [0.2, 0.25) is 0 Å². The van der Waals surface area contributed by atoms with E-state index in [4.69, 9.17) is 9.47 Å². The molecular formula is C17H18F2O3. The summed E-state index contributed by atoms with van der Waals surface area (Å²) in [5.41, 5.74) is -0.334. The Balaban J connectivity index is 1.71. The summed E-state index contributed by atoms with van der Waals surface area (Å²) in [5.74, 6) is 2.84. The van der Waals surface area contributed by atoms with Crippen molar-refractivity contribution in [2.45, 2.75) is 38.4 Å². The highest BCUT2D eigenvalue weighted by atomic mass is 19.1. The van der Waals surface area contributed by atoms with Crippen molar-refractivity contribution in [2.75, 3.05) is 13.2 Å². The Morgan fingerprint density at radius 2 is 2.23 bits per heavy atom. The summed E-state index contributed by atoms with van der Waals surface area (Å²) >= 11 is 0. The summed E-state index contributed by atoms with van der Waals surface area (Å²) in [7, 11) is 0. The summed E-state index contributed by atoms with van der Waals surface area (Å²) < 4.78 is 37.3. The van der Waals surface area contributed by atoms with E-state index in [9.17, 15) is 13.6 Å². The molecule has 3 nitrogen and oxygen atoms in total. The van der Waals surface area contributed by atoms with Gasteiger partial charge in [0.25, 0.3) is 0 Å². The number of Topliss-reactive ketones (excluding diaryl/α,β-unsaturated/α-hetero) is 1. The molecule has 0 aromatic heterocycles. The largest absolute Gasteiger partial charge is 0.353 e. The van der Waals surface area contributed by atoms with Crippen molar-refractivity contribution < 1.29 is 23.0 Å². The summed E-state index contributed by atoms with van der Waals surface area (Å²) in [5, 5.41) is 0. The van der Waals surface area contributed by atoms with Crippen LogP contribution in [0.25, 0.3) is 0 Å². The molecule has 1 aliphatic heterocycles. The number of hydrogen-bond donors (Lipinski definition) is 0. The third-order valence-corrected chi connectivity index (χ3v) is 3.26. The molecule has 118 valence electrons. The second kappa shape index (κ2) is 8.62. The molecule has 1 unspecified atom stereocenters. The average Bonchev–Trinajstić information content (AvgIpc) is 2.54. The van der Waals surface area contributed by atoms with E-state index in [-0.39, 0.29) is 11.9 Å². The Morgan fingerprint density at radius 3 is 3.00 bits per heavy atom. The van der Waals surface area contributed by atoms with Crippen molar-refractivity contribution in [3.63, 3.8) is 0 Å². The average molecular weight is 308 g/mol. The van der Waals surface area contributed by atoms with E-state index in [1.54, 1.807) is 0 Å². The molecule has 22 heavy (non-hydrogen) atoms. The molecule has 1 aromatic rings. The van der Waals surface area contributed by atoms with Crippen molar-refractivity contribution in [3.8, 4) is 11.8 Å². The first kappa shape index (κ1) is 16.6. The second-order valence-corrected chi connectivity index (χ2v) is 5.03. The van der Waals surface area contributed by atoms with E-state index < -0.39 is 17.4 Å². The number of rotatable bonds is 5. The molecule has 0 saturated carbocycles. The van der Waals surface area contributed by atoms with Crippen molar-refractivity contribution in [1.82, 2.24) is 0 Å². The fourth-order valence-corrected chi connectivity index (χ4v) is 2.10. The van der Waals surface area contributed by atoms with Crippen LogP contribution >= 0.6 is 0 Å². The second-order valence-electron chi connectivity index (χ2n) is 5.03. The first-order valence-electron chi connectivity index (χ1n) is 7.38. The molecular weight excluding hydrogens is 290 g/mol. The van der Waals surface area contributed by atoms with Crippen LogP contribution in [0.15, 0.2) is 18.2 Å². The summed E-state index contributed by atoms with van der Waals surface area (Å²) in [4.78, 5) is 11.7. The molecule has 0 bridgehead atoms. The molecule has 0 N–H and O–H groups in total. The SMILES string of the molecule is O=C(C#CCCCOC1CCCCO1)c1cc(F)ccc1F. The van der Waals surface area contributed by atoms with Gasteiger partial charge < -0.3 is 9.47 Å². The van der Waals surface area contributed by atoms with E-state index >= 15 is 0 Å². The lowest BCUT2D eigenvalue weighted by Crippen LogP contribution is -2.22. The molecule has 1 atom stereocenters. The zero-order valence-corrected chi connectivity index (χ0v) is 12.2. The predicted octanol–water partition coefficient (Wildman–Crippen LogP) is 3.47. The van der Waals surface area contributed by atoms with E-state index in [1.807, 2.05) is 0 Å². The Morgan fingerprint density at radius 1 is 1.36 bits per heavy atom. The van der Waals surface area contributed by atoms with Gasteiger partial charge in [-0.15, -0.1) is 0 Å². The number of carbonyl (C=O) groups excluding carboxylic acids is 1. The number of unbranched alkanes of at least 4 members (excludes halogenated alkanes) is 1.